The molecule has 1 saturated heterocycles. The summed E-state index contributed by atoms with van der Waals surface area (Å²) in [5, 5.41) is 13.3. The number of nitrogens with zero attached hydrogens (tertiary/aromatic N) is 1. The van der Waals surface area contributed by atoms with E-state index >= 15 is 0 Å². The number of nitrogens with one attached hydrogen (secondary N) is 1. The molecule has 1 atom stereocenters. The molecule has 1 aliphatic heterocycles. The first-order valence-corrected chi connectivity index (χ1v) is 8.31. The zero-order valence-electron chi connectivity index (χ0n) is 13.5. The van der Waals surface area contributed by atoms with Gasteiger partial charge in [0, 0.05) is 31.6 Å². The van der Waals surface area contributed by atoms with E-state index in [1.807, 2.05) is 0 Å². The van der Waals surface area contributed by atoms with Crippen molar-refractivity contribution in [3.63, 3.8) is 0 Å². The van der Waals surface area contributed by atoms with Crippen LogP contribution in [0.5, 0.6) is 0 Å². The minimum absolute atomic E-state index is 0.0950. The van der Waals surface area contributed by atoms with Crippen LogP contribution in [0.25, 0.3) is 0 Å². The zero-order valence-corrected chi connectivity index (χ0v) is 13.5. The molecule has 1 aliphatic rings. The van der Waals surface area contributed by atoms with Gasteiger partial charge in [0.2, 0.25) is 0 Å². The standard InChI is InChI=1S/C18H30N2O/c1-3-11-19-14-18(2,16-7-5-4-6-8-16)15-20-12-9-17(21)10-13-20/h4-8,17,19,21H,3,9-15H2,1-2H3. The summed E-state index contributed by atoms with van der Waals surface area (Å²) in [4.78, 5) is 2.51. The smallest absolute Gasteiger partial charge is 0.0564 e. The molecule has 3 nitrogen and oxygen atoms in total. The van der Waals surface area contributed by atoms with E-state index in [0.29, 0.717) is 0 Å². The van der Waals surface area contributed by atoms with Crippen LogP contribution in [0.1, 0.15) is 38.7 Å². The first-order chi connectivity index (χ1) is 10.1. The highest BCUT2D eigenvalue weighted by atomic mass is 16.3. The minimum atomic E-state index is -0.0950. The van der Waals surface area contributed by atoms with E-state index in [2.05, 4.69) is 54.4 Å². The molecular weight excluding hydrogens is 260 g/mol. The molecule has 0 radical (unpaired) electrons. The van der Waals surface area contributed by atoms with Gasteiger partial charge < -0.3 is 15.3 Å². The number of hydrogen-bond donors (Lipinski definition) is 2. The molecule has 1 heterocycles. The van der Waals surface area contributed by atoms with Crippen LogP contribution in [0.3, 0.4) is 0 Å². The van der Waals surface area contributed by atoms with Crippen molar-refractivity contribution < 1.29 is 5.11 Å². The van der Waals surface area contributed by atoms with Crippen LogP contribution in [0.2, 0.25) is 0 Å². The highest BCUT2D eigenvalue weighted by molar-refractivity contribution is 5.25. The Morgan fingerprint density at radius 3 is 2.52 bits per heavy atom. The maximum atomic E-state index is 9.68. The third kappa shape index (κ3) is 4.80. The van der Waals surface area contributed by atoms with Gasteiger partial charge in [0.25, 0.3) is 0 Å². The van der Waals surface area contributed by atoms with Crippen LogP contribution in [0.15, 0.2) is 30.3 Å². The predicted molar refractivity (Wildman–Crippen MR) is 88.6 cm³/mol. The van der Waals surface area contributed by atoms with Crippen LogP contribution in [0.4, 0.5) is 0 Å². The fourth-order valence-corrected chi connectivity index (χ4v) is 3.20. The lowest BCUT2D eigenvalue weighted by atomic mass is 9.81. The molecule has 1 fully saturated rings. The summed E-state index contributed by atoms with van der Waals surface area (Å²) >= 11 is 0. The molecule has 0 aromatic heterocycles. The summed E-state index contributed by atoms with van der Waals surface area (Å²) in [6, 6.07) is 10.8. The molecule has 0 saturated carbocycles. The predicted octanol–water partition coefficient (Wildman–Crippen LogP) is 2.40. The van der Waals surface area contributed by atoms with Crippen LogP contribution in [-0.4, -0.2) is 48.8 Å². The summed E-state index contributed by atoms with van der Waals surface area (Å²) in [5.41, 5.74) is 1.53. The number of hydrogen-bond acceptors (Lipinski definition) is 3. The Balaban J connectivity index is 2.04. The number of piperidine rings is 1. The van der Waals surface area contributed by atoms with Gasteiger partial charge in [-0.25, -0.2) is 0 Å². The second-order valence-electron chi connectivity index (χ2n) is 6.61. The number of benzene rings is 1. The molecule has 1 unspecified atom stereocenters. The van der Waals surface area contributed by atoms with E-state index in [1.165, 1.54) is 12.0 Å². The van der Waals surface area contributed by atoms with Gasteiger partial charge in [0.05, 0.1) is 6.10 Å². The molecule has 118 valence electrons. The van der Waals surface area contributed by atoms with Gasteiger partial charge in [0.1, 0.15) is 0 Å². The van der Waals surface area contributed by atoms with Crippen LogP contribution in [0, 0.1) is 0 Å². The highest BCUT2D eigenvalue weighted by Crippen LogP contribution is 2.26. The Kier molecular flexibility index (Phi) is 6.22. The first-order valence-electron chi connectivity index (χ1n) is 8.31. The van der Waals surface area contributed by atoms with Crippen molar-refractivity contribution in [1.82, 2.24) is 10.2 Å². The third-order valence-electron chi connectivity index (χ3n) is 4.54. The van der Waals surface area contributed by atoms with Crippen LogP contribution >= 0.6 is 0 Å². The van der Waals surface area contributed by atoms with E-state index in [-0.39, 0.29) is 11.5 Å². The Morgan fingerprint density at radius 2 is 1.90 bits per heavy atom. The number of rotatable bonds is 7. The second-order valence-corrected chi connectivity index (χ2v) is 6.61. The van der Waals surface area contributed by atoms with Gasteiger partial charge in [-0.1, -0.05) is 44.2 Å². The summed E-state index contributed by atoms with van der Waals surface area (Å²) in [5.74, 6) is 0. The van der Waals surface area contributed by atoms with E-state index in [9.17, 15) is 5.11 Å². The van der Waals surface area contributed by atoms with Gasteiger partial charge in [0.15, 0.2) is 0 Å². The maximum Gasteiger partial charge on any atom is 0.0564 e. The number of aliphatic hydroxyl groups is 1. The summed E-state index contributed by atoms with van der Waals surface area (Å²) in [6.45, 7) is 9.72. The van der Waals surface area contributed by atoms with E-state index in [4.69, 9.17) is 0 Å². The summed E-state index contributed by atoms with van der Waals surface area (Å²) < 4.78 is 0. The van der Waals surface area contributed by atoms with Gasteiger partial charge in [-0.2, -0.15) is 0 Å². The molecule has 0 aliphatic carbocycles. The molecule has 1 aromatic rings. The average molecular weight is 290 g/mol. The van der Waals surface area contributed by atoms with Crippen LogP contribution < -0.4 is 5.32 Å². The quantitative estimate of drug-likeness (QED) is 0.757. The lowest BCUT2D eigenvalue weighted by Crippen LogP contribution is -2.48. The molecule has 2 rings (SSSR count). The van der Waals surface area contributed by atoms with Crippen LogP contribution in [-0.2, 0) is 5.41 Å². The molecule has 0 amide bonds. The van der Waals surface area contributed by atoms with E-state index < -0.39 is 0 Å². The lowest BCUT2D eigenvalue weighted by molar-refractivity contribution is 0.0715. The molecule has 0 bridgehead atoms. The molecule has 3 heteroatoms. The van der Waals surface area contributed by atoms with Crippen molar-refractivity contribution in [2.45, 2.75) is 44.6 Å². The Morgan fingerprint density at radius 1 is 1.24 bits per heavy atom. The summed E-state index contributed by atoms with van der Waals surface area (Å²) in [6.07, 6.45) is 2.89. The lowest BCUT2D eigenvalue weighted by Gasteiger charge is -2.39. The number of likely N-dealkylation sites (tertiary alicyclic amines) is 1. The largest absolute Gasteiger partial charge is 0.393 e. The Labute approximate surface area is 129 Å². The molecule has 1 aromatic carbocycles. The van der Waals surface area contributed by atoms with E-state index in [1.54, 1.807) is 0 Å². The third-order valence-corrected chi connectivity index (χ3v) is 4.54. The fraction of sp³-hybridized carbons (Fsp3) is 0.667. The summed E-state index contributed by atoms with van der Waals surface area (Å²) in [7, 11) is 0. The van der Waals surface area contributed by atoms with Crippen molar-refractivity contribution in [3.8, 4) is 0 Å². The second kappa shape index (κ2) is 7.92. The number of aliphatic hydroxyl groups excluding tert-OH is 1. The normalized spacial score (nSPS) is 20.3. The fourth-order valence-electron chi connectivity index (χ4n) is 3.20. The van der Waals surface area contributed by atoms with Crippen molar-refractivity contribution in [2.24, 2.45) is 0 Å². The zero-order chi connectivity index (χ0) is 15.1. The van der Waals surface area contributed by atoms with Crippen molar-refractivity contribution in [1.29, 1.82) is 0 Å². The molecule has 0 spiro atoms. The minimum Gasteiger partial charge on any atom is -0.393 e. The maximum absolute atomic E-state index is 9.68. The molecule has 2 N–H and O–H groups in total. The van der Waals surface area contributed by atoms with Gasteiger partial charge in [-0.15, -0.1) is 0 Å². The topological polar surface area (TPSA) is 35.5 Å². The highest BCUT2D eigenvalue weighted by Gasteiger charge is 2.30. The average Bonchev–Trinajstić information content (AvgIpc) is 2.51. The SMILES string of the molecule is CCCNCC(C)(CN1CCC(O)CC1)c1ccccc1. The monoisotopic (exact) mass is 290 g/mol. The molecular formula is C18H30N2O. The van der Waals surface area contributed by atoms with Crippen molar-refractivity contribution in [2.75, 3.05) is 32.7 Å². The Hall–Kier alpha value is -0.900. The van der Waals surface area contributed by atoms with E-state index in [0.717, 1.165) is 45.6 Å². The molecule has 21 heavy (non-hydrogen) atoms. The van der Waals surface area contributed by atoms with Gasteiger partial charge in [-0.05, 0) is 31.4 Å². The van der Waals surface area contributed by atoms with Crippen molar-refractivity contribution in [3.05, 3.63) is 35.9 Å². The first kappa shape index (κ1) is 16.5. The van der Waals surface area contributed by atoms with Crippen molar-refractivity contribution >= 4 is 0 Å². The van der Waals surface area contributed by atoms with Gasteiger partial charge >= 0.3 is 0 Å². The Bertz CT molecular complexity index is 401. The van der Waals surface area contributed by atoms with Gasteiger partial charge in [-0.3, -0.25) is 0 Å².